The Hall–Kier alpha value is -4.50. The number of nitro benzene ring substituents is 1. The van der Waals surface area contributed by atoms with Crippen LogP contribution in [0, 0.1) is 10.1 Å². The second-order valence-corrected chi connectivity index (χ2v) is 8.43. The Labute approximate surface area is 199 Å². The van der Waals surface area contributed by atoms with E-state index in [1.54, 1.807) is 25.3 Å². The molecule has 0 spiro atoms. The number of anilines is 4. The van der Waals surface area contributed by atoms with E-state index in [1.807, 2.05) is 54.6 Å². The standard InChI is InChI=1S/C25H19N5O3S/c1-33-19-12-10-17(11-13-19)28-16-6-8-18(9-7-16)29-25-24-21(26-15-27-25)14-23(34-24)20-4-2-3-5-22(20)30(31)32/h2-15,28H,1H3,(H,26,27,29). The number of benzene rings is 3. The van der Waals surface area contributed by atoms with Gasteiger partial charge in [0.15, 0.2) is 5.82 Å². The van der Waals surface area contributed by atoms with Gasteiger partial charge >= 0.3 is 0 Å². The number of aromatic nitrogens is 2. The summed E-state index contributed by atoms with van der Waals surface area (Å²) in [7, 11) is 1.64. The topological polar surface area (TPSA) is 102 Å². The summed E-state index contributed by atoms with van der Waals surface area (Å²) in [4.78, 5) is 20.6. The molecule has 9 heteroatoms. The van der Waals surface area contributed by atoms with Crippen molar-refractivity contribution in [1.82, 2.24) is 9.97 Å². The van der Waals surface area contributed by atoms with Gasteiger partial charge in [0.2, 0.25) is 0 Å². The predicted octanol–water partition coefficient (Wildman–Crippen LogP) is 6.76. The third kappa shape index (κ3) is 4.37. The number of nitrogens with one attached hydrogen (secondary N) is 2. The van der Waals surface area contributed by atoms with Crippen LogP contribution in [0.2, 0.25) is 0 Å². The number of hydrogen-bond acceptors (Lipinski definition) is 8. The number of para-hydroxylation sites is 1. The smallest absolute Gasteiger partial charge is 0.278 e. The lowest BCUT2D eigenvalue weighted by molar-refractivity contribution is -0.384. The van der Waals surface area contributed by atoms with E-state index in [1.165, 1.54) is 23.7 Å². The Balaban J connectivity index is 1.38. The summed E-state index contributed by atoms with van der Waals surface area (Å²) in [6.45, 7) is 0. The molecule has 5 aromatic rings. The average Bonchev–Trinajstić information content (AvgIpc) is 3.31. The van der Waals surface area contributed by atoms with Crippen LogP contribution in [-0.4, -0.2) is 22.0 Å². The quantitative estimate of drug-likeness (QED) is 0.200. The molecule has 0 saturated carbocycles. The van der Waals surface area contributed by atoms with Gasteiger partial charge in [0.05, 0.1) is 27.8 Å². The lowest BCUT2D eigenvalue weighted by atomic mass is 10.1. The molecule has 0 radical (unpaired) electrons. The van der Waals surface area contributed by atoms with Crippen molar-refractivity contribution in [3.8, 4) is 16.2 Å². The minimum Gasteiger partial charge on any atom is -0.497 e. The molecule has 0 unspecified atom stereocenters. The molecular weight excluding hydrogens is 450 g/mol. The van der Waals surface area contributed by atoms with Gasteiger partial charge in [0, 0.05) is 28.0 Å². The Morgan fingerprint density at radius 3 is 2.21 bits per heavy atom. The zero-order valence-electron chi connectivity index (χ0n) is 18.1. The van der Waals surface area contributed by atoms with Crippen LogP contribution in [0.1, 0.15) is 0 Å². The summed E-state index contributed by atoms with van der Waals surface area (Å²) < 4.78 is 6.02. The van der Waals surface area contributed by atoms with Gasteiger partial charge in [0.1, 0.15) is 12.1 Å². The second kappa shape index (κ2) is 9.16. The maximum atomic E-state index is 11.4. The van der Waals surface area contributed by atoms with Gasteiger partial charge in [-0.3, -0.25) is 10.1 Å². The van der Waals surface area contributed by atoms with Crippen LogP contribution in [0.25, 0.3) is 20.7 Å². The van der Waals surface area contributed by atoms with Crippen molar-refractivity contribution < 1.29 is 9.66 Å². The molecule has 2 aromatic heterocycles. The van der Waals surface area contributed by atoms with Crippen molar-refractivity contribution in [2.45, 2.75) is 0 Å². The highest BCUT2D eigenvalue weighted by Gasteiger charge is 2.18. The van der Waals surface area contributed by atoms with Gasteiger partial charge in [-0.05, 0) is 60.7 Å². The molecule has 8 nitrogen and oxygen atoms in total. The number of nitro groups is 1. The van der Waals surface area contributed by atoms with Crippen LogP contribution >= 0.6 is 11.3 Å². The Morgan fingerprint density at radius 1 is 0.882 bits per heavy atom. The van der Waals surface area contributed by atoms with Crippen molar-refractivity contribution in [2.75, 3.05) is 17.7 Å². The van der Waals surface area contributed by atoms with E-state index in [4.69, 9.17) is 4.74 Å². The highest BCUT2D eigenvalue weighted by molar-refractivity contribution is 7.22. The third-order valence-corrected chi connectivity index (χ3v) is 6.37. The van der Waals surface area contributed by atoms with Gasteiger partial charge in [-0.2, -0.15) is 0 Å². The van der Waals surface area contributed by atoms with Gasteiger partial charge < -0.3 is 15.4 Å². The Kier molecular flexibility index (Phi) is 5.75. The van der Waals surface area contributed by atoms with E-state index in [0.29, 0.717) is 11.4 Å². The van der Waals surface area contributed by atoms with E-state index in [0.717, 1.165) is 37.9 Å². The van der Waals surface area contributed by atoms with E-state index in [9.17, 15) is 10.1 Å². The molecule has 0 fully saturated rings. The van der Waals surface area contributed by atoms with Crippen molar-refractivity contribution in [1.29, 1.82) is 0 Å². The molecule has 2 heterocycles. The normalized spacial score (nSPS) is 10.7. The van der Waals surface area contributed by atoms with E-state index in [-0.39, 0.29) is 10.6 Å². The molecule has 0 aliphatic carbocycles. The van der Waals surface area contributed by atoms with Gasteiger partial charge in [-0.15, -0.1) is 11.3 Å². The lowest BCUT2D eigenvalue weighted by Crippen LogP contribution is -1.95. The number of hydrogen-bond donors (Lipinski definition) is 2. The molecule has 34 heavy (non-hydrogen) atoms. The molecule has 5 rings (SSSR count). The number of nitrogens with zero attached hydrogens (tertiary/aromatic N) is 3. The Morgan fingerprint density at radius 2 is 1.53 bits per heavy atom. The average molecular weight is 470 g/mol. The first kappa shape index (κ1) is 21.4. The summed E-state index contributed by atoms with van der Waals surface area (Å²) in [6, 6.07) is 24.1. The monoisotopic (exact) mass is 469 g/mol. The van der Waals surface area contributed by atoms with Crippen LogP contribution in [0.5, 0.6) is 5.75 Å². The zero-order chi connectivity index (χ0) is 23.5. The highest BCUT2D eigenvalue weighted by Crippen LogP contribution is 2.40. The van der Waals surface area contributed by atoms with Gasteiger partial charge in [-0.25, -0.2) is 9.97 Å². The number of rotatable bonds is 7. The maximum Gasteiger partial charge on any atom is 0.278 e. The first-order valence-corrected chi connectivity index (χ1v) is 11.2. The molecule has 0 bridgehead atoms. The molecule has 0 saturated heterocycles. The largest absolute Gasteiger partial charge is 0.497 e. The fourth-order valence-corrected chi connectivity index (χ4v) is 4.62. The van der Waals surface area contributed by atoms with E-state index >= 15 is 0 Å². The number of ether oxygens (including phenoxy) is 1. The van der Waals surface area contributed by atoms with Crippen molar-refractivity contribution in [3.63, 3.8) is 0 Å². The number of fused-ring (bicyclic) bond motifs is 1. The summed E-state index contributed by atoms with van der Waals surface area (Å²) >= 11 is 1.42. The lowest BCUT2D eigenvalue weighted by Gasteiger charge is -2.10. The summed E-state index contributed by atoms with van der Waals surface area (Å²) in [5.74, 6) is 1.45. The van der Waals surface area contributed by atoms with E-state index < -0.39 is 0 Å². The fourth-order valence-electron chi connectivity index (χ4n) is 3.53. The molecule has 168 valence electrons. The van der Waals surface area contributed by atoms with Crippen molar-refractivity contribution in [3.05, 3.63) is 95.3 Å². The first-order chi connectivity index (χ1) is 16.6. The zero-order valence-corrected chi connectivity index (χ0v) is 18.9. The fraction of sp³-hybridized carbons (Fsp3) is 0.0400. The first-order valence-electron chi connectivity index (χ1n) is 10.4. The summed E-state index contributed by atoms with van der Waals surface area (Å²) in [6.07, 6.45) is 1.49. The molecule has 0 aliphatic heterocycles. The molecular formula is C25H19N5O3S. The van der Waals surface area contributed by atoms with Crippen molar-refractivity contribution >= 4 is 50.1 Å². The highest BCUT2D eigenvalue weighted by atomic mass is 32.1. The number of thiophene rings is 1. The SMILES string of the molecule is COc1ccc(Nc2ccc(Nc3ncnc4cc(-c5ccccc5[N+](=O)[O-])sc34)cc2)cc1. The second-order valence-electron chi connectivity index (χ2n) is 7.38. The molecule has 2 N–H and O–H groups in total. The molecule has 0 aliphatic rings. The molecule has 3 aromatic carbocycles. The van der Waals surface area contributed by atoms with Gasteiger partial charge in [0.25, 0.3) is 5.69 Å². The van der Waals surface area contributed by atoms with Crippen LogP contribution in [0.4, 0.5) is 28.6 Å². The van der Waals surface area contributed by atoms with Gasteiger partial charge in [-0.1, -0.05) is 12.1 Å². The maximum absolute atomic E-state index is 11.4. The van der Waals surface area contributed by atoms with Crippen LogP contribution in [0.15, 0.2) is 85.2 Å². The van der Waals surface area contributed by atoms with Crippen LogP contribution in [-0.2, 0) is 0 Å². The van der Waals surface area contributed by atoms with Crippen LogP contribution < -0.4 is 15.4 Å². The van der Waals surface area contributed by atoms with Crippen LogP contribution in [0.3, 0.4) is 0 Å². The summed E-state index contributed by atoms with van der Waals surface area (Å²) in [5.41, 5.74) is 4.12. The third-order valence-electron chi connectivity index (χ3n) is 5.20. The van der Waals surface area contributed by atoms with Crippen molar-refractivity contribution in [2.24, 2.45) is 0 Å². The minimum atomic E-state index is -0.369. The predicted molar refractivity (Wildman–Crippen MR) is 136 cm³/mol. The molecule has 0 amide bonds. The Bertz CT molecular complexity index is 1470. The van der Waals surface area contributed by atoms with E-state index in [2.05, 4.69) is 20.6 Å². The number of methoxy groups -OCH3 is 1. The minimum absolute atomic E-state index is 0.0662. The molecule has 0 atom stereocenters. The summed E-state index contributed by atoms with van der Waals surface area (Å²) in [5, 5.41) is 18.1.